The number of carbonyl (C=O) groups excluding carboxylic acids is 1. The lowest BCUT2D eigenvalue weighted by atomic mass is 10.0. The summed E-state index contributed by atoms with van der Waals surface area (Å²) < 4.78 is 0. The summed E-state index contributed by atoms with van der Waals surface area (Å²) in [5.74, 6) is -0.398. The summed E-state index contributed by atoms with van der Waals surface area (Å²) in [6.07, 6.45) is 9.44. The van der Waals surface area contributed by atoms with Crippen LogP contribution in [-0.4, -0.2) is 11.9 Å². The Hall–Kier alpha value is -1.22. The summed E-state index contributed by atoms with van der Waals surface area (Å²) in [5, 5.41) is 3.59. The fraction of sp³-hybridized carbons (Fsp3) is 0.917. The van der Waals surface area contributed by atoms with E-state index in [9.17, 15) is 4.79 Å². The predicted molar refractivity (Wildman–Crippen MR) is 69.4 cm³/mol. The average Bonchev–Trinajstić information content (AvgIpc) is 2.27. The first-order chi connectivity index (χ1) is 8.20. The van der Waals surface area contributed by atoms with E-state index in [2.05, 4.69) is 16.9 Å². The topological polar surface area (TPSA) is 91.9 Å². The number of hydrogen-bond donors (Lipinski definition) is 1. The fourth-order valence-electron chi connectivity index (χ4n) is 1.84. The molecule has 0 fully saturated rings. The molecule has 0 saturated carbocycles. The van der Waals surface area contributed by atoms with Crippen LogP contribution in [0.25, 0.3) is 10.4 Å². The van der Waals surface area contributed by atoms with Crippen molar-refractivity contribution in [3.63, 3.8) is 0 Å². The third-order valence-electron chi connectivity index (χ3n) is 2.79. The first kappa shape index (κ1) is 15.8. The molecule has 0 spiro atoms. The van der Waals surface area contributed by atoms with E-state index in [0.29, 0.717) is 0 Å². The summed E-state index contributed by atoms with van der Waals surface area (Å²) in [4.78, 5) is 13.5. The minimum atomic E-state index is -0.398. The molecule has 5 heteroatoms. The second-order valence-corrected chi connectivity index (χ2v) is 4.44. The molecule has 1 amide bonds. The van der Waals surface area contributed by atoms with E-state index in [-0.39, 0.29) is 12.5 Å². The highest BCUT2D eigenvalue weighted by Gasteiger charge is 2.09. The summed E-state index contributed by atoms with van der Waals surface area (Å²) >= 11 is 0. The van der Waals surface area contributed by atoms with Crippen molar-refractivity contribution in [2.75, 3.05) is 0 Å². The number of amides is 1. The zero-order valence-corrected chi connectivity index (χ0v) is 10.8. The molecule has 0 aromatic rings. The van der Waals surface area contributed by atoms with Crippen LogP contribution in [0.2, 0.25) is 0 Å². The van der Waals surface area contributed by atoms with E-state index in [1.807, 2.05) is 0 Å². The third-order valence-corrected chi connectivity index (χ3v) is 2.79. The van der Waals surface area contributed by atoms with Crippen molar-refractivity contribution in [1.29, 1.82) is 0 Å². The molecule has 0 rings (SSSR count). The van der Waals surface area contributed by atoms with Gasteiger partial charge in [-0.05, 0) is 12.0 Å². The van der Waals surface area contributed by atoms with Crippen LogP contribution in [0, 0.1) is 0 Å². The molecule has 0 aliphatic heterocycles. The van der Waals surface area contributed by atoms with Crippen LogP contribution in [0.3, 0.4) is 0 Å². The first-order valence-electron chi connectivity index (χ1n) is 6.53. The minimum absolute atomic E-state index is 0.167. The summed E-state index contributed by atoms with van der Waals surface area (Å²) in [6, 6.07) is -0.256. The van der Waals surface area contributed by atoms with Crippen molar-refractivity contribution >= 4 is 5.91 Å². The van der Waals surface area contributed by atoms with E-state index < -0.39 is 5.91 Å². The summed E-state index contributed by atoms with van der Waals surface area (Å²) in [5.41, 5.74) is 13.4. The molecular weight excluding hydrogens is 216 g/mol. The maximum Gasteiger partial charge on any atom is 0.217 e. The van der Waals surface area contributed by atoms with Gasteiger partial charge < -0.3 is 5.73 Å². The maximum absolute atomic E-state index is 10.7. The highest BCUT2D eigenvalue weighted by atomic mass is 16.1. The standard InChI is InChI=1S/C12H24N4O/c1-2-3-4-5-6-7-8-9-11(15-16-14)10-12(13)17/h11H,2-10H2,1H3,(H2,13,17)/t11-/m0/s1. The van der Waals surface area contributed by atoms with Crippen LogP contribution in [0.5, 0.6) is 0 Å². The number of unbranched alkanes of at least 4 members (excludes halogenated alkanes) is 6. The van der Waals surface area contributed by atoms with Crippen LogP contribution in [0.1, 0.15) is 64.7 Å². The van der Waals surface area contributed by atoms with Crippen molar-refractivity contribution in [3.05, 3.63) is 10.4 Å². The first-order valence-corrected chi connectivity index (χ1v) is 6.53. The molecule has 17 heavy (non-hydrogen) atoms. The van der Waals surface area contributed by atoms with E-state index in [1.165, 1.54) is 32.1 Å². The Morgan fingerprint density at radius 2 is 1.82 bits per heavy atom. The van der Waals surface area contributed by atoms with Gasteiger partial charge in [-0.25, -0.2) is 0 Å². The quantitative estimate of drug-likeness (QED) is 0.254. The highest BCUT2D eigenvalue weighted by Crippen LogP contribution is 2.13. The zero-order chi connectivity index (χ0) is 12.9. The van der Waals surface area contributed by atoms with Crippen molar-refractivity contribution < 1.29 is 4.79 Å². The molecule has 0 aliphatic rings. The molecule has 2 N–H and O–H groups in total. The molecule has 0 saturated heterocycles. The second-order valence-electron chi connectivity index (χ2n) is 4.44. The monoisotopic (exact) mass is 240 g/mol. The van der Waals surface area contributed by atoms with Gasteiger partial charge in [0.15, 0.2) is 0 Å². The van der Waals surface area contributed by atoms with Gasteiger partial charge in [0.1, 0.15) is 0 Å². The molecule has 98 valence electrons. The smallest absolute Gasteiger partial charge is 0.217 e. The highest BCUT2D eigenvalue weighted by molar-refractivity contribution is 5.74. The Morgan fingerprint density at radius 1 is 1.24 bits per heavy atom. The Labute approximate surface area is 103 Å². The van der Waals surface area contributed by atoms with Gasteiger partial charge in [0, 0.05) is 17.4 Å². The fourth-order valence-corrected chi connectivity index (χ4v) is 1.84. The Balaban J connectivity index is 3.54. The third kappa shape index (κ3) is 11.1. The number of azide groups is 1. The van der Waals surface area contributed by atoms with Gasteiger partial charge in [-0.3, -0.25) is 4.79 Å². The van der Waals surface area contributed by atoms with Gasteiger partial charge in [0.25, 0.3) is 0 Å². The summed E-state index contributed by atoms with van der Waals surface area (Å²) in [6.45, 7) is 2.20. The molecule has 0 heterocycles. The predicted octanol–water partition coefficient (Wildman–Crippen LogP) is 3.68. The lowest BCUT2D eigenvalue weighted by Crippen LogP contribution is -2.18. The summed E-state index contributed by atoms with van der Waals surface area (Å²) in [7, 11) is 0. The van der Waals surface area contributed by atoms with Crippen LogP contribution in [0.4, 0.5) is 0 Å². The van der Waals surface area contributed by atoms with Crippen molar-refractivity contribution in [2.24, 2.45) is 10.8 Å². The number of carbonyl (C=O) groups is 1. The molecule has 1 atom stereocenters. The minimum Gasteiger partial charge on any atom is -0.370 e. The lowest BCUT2D eigenvalue weighted by molar-refractivity contribution is -0.118. The molecule has 0 aliphatic carbocycles. The van der Waals surface area contributed by atoms with Gasteiger partial charge in [-0.2, -0.15) is 0 Å². The average molecular weight is 240 g/mol. The van der Waals surface area contributed by atoms with Gasteiger partial charge >= 0.3 is 0 Å². The number of nitrogens with two attached hydrogens (primary N) is 1. The molecule has 0 unspecified atom stereocenters. The van der Waals surface area contributed by atoms with E-state index in [4.69, 9.17) is 11.3 Å². The Morgan fingerprint density at radius 3 is 2.35 bits per heavy atom. The van der Waals surface area contributed by atoms with E-state index in [1.54, 1.807) is 0 Å². The number of primary amides is 1. The van der Waals surface area contributed by atoms with Crippen LogP contribution < -0.4 is 5.73 Å². The van der Waals surface area contributed by atoms with Crippen LogP contribution >= 0.6 is 0 Å². The van der Waals surface area contributed by atoms with Crippen molar-refractivity contribution in [1.82, 2.24) is 0 Å². The molecule has 0 aromatic heterocycles. The van der Waals surface area contributed by atoms with Gasteiger partial charge in [-0.15, -0.1) is 0 Å². The number of nitrogens with zero attached hydrogens (tertiary/aromatic N) is 3. The van der Waals surface area contributed by atoms with E-state index in [0.717, 1.165) is 19.3 Å². The SMILES string of the molecule is CCCCCCCCC[C@@H](CC(N)=O)N=[N+]=[N-]. The Bertz CT molecular complexity index is 249. The van der Waals surface area contributed by atoms with Crippen LogP contribution in [0.15, 0.2) is 5.11 Å². The second kappa shape index (κ2) is 11.3. The van der Waals surface area contributed by atoms with Crippen molar-refractivity contribution in [3.8, 4) is 0 Å². The number of rotatable bonds is 11. The lowest BCUT2D eigenvalue weighted by Gasteiger charge is -2.08. The van der Waals surface area contributed by atoms with Gasteiger partial charge in [-0.1, -0.05) is 57.0 Å². The maximum atomic E-state index is 10.7. The largest absolute Gasteiger partial charge is 0.370 e. The molecular formula is C12H24N4O. The molecule has 0 radical (unpaired) electrons. The van der Waals surface area contributed by atoms with E-state index >= 15 is 0 Å². The molecule has 5 nitrogen and oxygen atoms in total. The van der Waals surface area contributed by atoms with Gasteiger partial charge in [0.2, 0.25) is 5.91 Å². The van der Waals surface area contributed by atoms with Crippen LogP contribution in [-0.2, 0) is 4.79 Å². The molecule has 0 bridgehead atoms. The van der Waals surface area contributed by atoms with Crippen molar-refractivity contribution in [2.45, 2.75) is 70.8 Å². The molecule has 0 aromatic carbocycles. The van der Waals surface area contributed by atoms with Gasteiger partial charge in [0.05, 0.1) is 0 Å². The normalized spacial score (nSPS) is 11.8. The Kier molecular flexibility index (Phi) is 10.5. The number of hydrogen-bond acceptors (Lipinski definition) is 2. The zero-order valence-electron chi connectivity index (χ0n) is 10.8.